The molecule has 0 aliphatic rings. The van der Waals surface area contributed by atoms with Gasteiger partial charge < -0.3 is 15.2 Å². The van der Waals surface area contributed by atoms with Crippen molar-refractivity contribution < 1.29 is 14.6 Å². The molecule has 0 unspecified atom stereocenters. The van der Waals surface area contributed by atoms with Crippen LogP contribution in [0.2, 0.25) is 0 Å². The van der Waals surface area contributed by atoms with Crippen molar-refractivity contribution >= 4 is 23.3 Å². The van der Waals surface area contributed by atoms with Crippen LogP contribution in [0.1, 0.15) is 35.0 Å². The Morgan fingerprint density at radius 2 is 2.19 bits per heavy atom. The van der Waals surface area contributed by atoms with E-state index in [0.717, 1.165) is 5.69 Å². The van der Waals surface area contributed by atoms with Crippen LogP contribution >= 0.6 is 11.3 Å². The van der Waals surface area contributed by atoms with Gasteiger partial charge in [-0.25, -0.2) is 14.8 Å². The molecule has 2 rings (SSSR count). The molecule has 0 aliphatic heterocycles. The molecule has 0 saturated heterocycles. The van der Waals surface area contributed by atoms with E-state index >= 15 is 0 Å². The zero-order valence-electron chi connectivity index (χ0n) is 12.0. The standard InChI is InChI=1S/C13H16N4O3S/c1-7(2)20-10-4-8(3)15-13(17-10)14-5-11-16-9(6-21-11)12(18)19/h4,6-7H,5H2,1-3H3,(H,18,19)(H,14,15,17). The number of nitrogens with one attached hydrogen (secondary N) is 1. The Kier molecular flexibility index (Phi) is 4.69. The second-order valence-corrected chi connectivity index (χ2v) is 5.57. The summed E-state index contributed by atoms with van der Waals surface area (Å²) in [6.07, 6.45) is 0.0317. The quantitative estimate of drug-likeness (QED) is 0.845. The topological polar surface area (TPSA) is 97.2 Å². The maximum Gasteiger partial charge on any atom is 0.355 e. The maximum atomic E-state index is 10.8. The van der Waals surface area contributed by atoms with E-state index in [1.165, 1.54) is 16.7 Å². The zero-order chi connectivity index (χ0) is 15.4. The van der Waals surface area contributed by atoms with E-state index in [-0.39, 0.29) is 11.8 Å². The first-order chi connectivity index (χ1) is 9.94. The van der Waals surface area contributed by atoms with Gasteiger partial charge in [-0.05, 0) is 20.8 Å². The first-order valence-corrected chi connectivity index (χ1v) is 7.26. The fraction of sp³-hybridized carbons (Fsp3) is 0.385. The van der Waals surface area contributed by atoms with Crippen molar-refractivity contribution in [2.45, 2.75) is 33.4 Å². The van der Waals surface area contributed by atoms with Crippen LogP contribution in [0.3, 0.4) is 0 Å². The SMILES string of the molecule is Cc1cc(OC(C)C)nc(NCc2nc(C(=O)O)cs2)n1. The molecule has 2 aromatic rings. The third kappa shape index (κ3) is 4.38. The Labute approximate surface area is 126 Å². The van der Waals surface area contributed by atoms with E-state index in [2.05, 4.69) is 20.3 Å². The lowest BCUT2D eigenvalue weighted by Gasteiger charge is -2.10. The van der Waals surface area contributed by atoms with Crippen LogP contribution in [0.15, 0.2) is 11.4 Å². The summed E-state index contributed by atoms with van der Waals surface area (Å²) in [5, 5.41) is 14.0. The van der Waals surface area contributed by atoms with Crippen molar-refractivity contribution in [3.05, 3.63) is 27.8 Å². The summed E-state index contributed by atoms with van der Waals surface area (Å²) in [4.78, 5) is 23.3. The Hall–Kier alpha value is -2.22. The predicted molar refractivity (Wildman–Crippen MR) is 78.9 cm³/mol. The Bertz CT molecular complexity index is 642. The Balaban J connectivity index is 2.04. The van der Waals surface area contributed by atoms with Crippen LogP contribution in [0.4, 0.5) is 5.95 Å². The number of thiazole rings is 1. The number of anilines is 1. The van der Waals surface area contributed by atoms with Crippen molar-refractivity contribution in [3.63, 3.8) is 0 Å². The van der Waals surface area contributed by atoms with E-state index in [4.69, 9.17) is 9.84 Å². The molecule has 2 aromatic heterocycles. The molecule has 0 aromatic carbocycles. The number of hydrogen-bond acceptors (Lipinski definition) is 7. The second kappa shape index (κ2) is 6.49. The molecule has 0 fully saturated rings. The molecule has 0 spiro atoms. The highest BCUT2D eigenvalue weighted by Crippen LogP contribution is 2.15. The van der Waals surface area contributed by atoms with Gasteiger partial charge in [0.25, 0.3) is 0 Å². The monoisotopic (exact) mass is 308 g/mol. The Morgan fingerprint density at radius 1 is 1.43 bits per heavy atom. The number of carboxylic acid groups (broad SMARTS) is 1. The number of ether oxygens (including phenoxy) is 1. The molecule has 0 atom stereocenters. The first-order valence-electron chi connectivity index (χ1n) is 6.38. The number of aromatic carboxylic acids is 1. The van der Waals surface area contributed by atoms with E-state index in [1.54, 1.807) is 6.07 Å². The summed E-state index contributed by atoms with van der Waals surface area (Å²) in [6, 6.07) is 1.76. The average molecular weight is 308 g/mol. The molecule has 0 saturated carbocycles. The van der Waals surface area contributed by atoms with Gasteiger partial charge in [-0.15, -0.1) is 11.3 Å². The van der Waals surface area contributed by atoms with Crippen molar-refractivity contribution in [1.82, 2.24) is 15.0 Å². The van der Waals surface area contributed by atoms with Crippen LogP contribution in [0.25, 0.3) is 0 Å². The van der Waals surface area contributed by atoms with Crippen LogP contribution in [0.5, 0.6) is 5.88 Å². The molecule has 112 valence electrons. The van der Waals surface area contributed by atoms with Crippen LogP contribution in [-0.4, -0.2) is 32.1 Å². The number of aryl methyl sites for hydroxylation is 1. The molecular formula is C13H16N4O3S. The lowest BCUT2D eigenvalue weighted by Crippen LogP contribution is -2.10. The Morgan fingerprint density at radius 3 is 2.81 bits per heavy atom. The van der Waals surface area contributed by atoms with Gasteiger partial charge in [0, 0.05) is 17.1 Å². The molecule has 2 heterocycles. The van der Waals surface area contributed by atoms with E-state index < -0.39 is 5.97 Å². The third-order valence-corrected chi connectivity index (χ3v) is 3.20. The fourth-order valence-corrected chi connectivity index (χ4v) is 2.27. The molecule has 8 heteroatoms. The normalized spacial score (nSPS) is 10.7. The van der Waals surface area contributed by atoms with Gasteiger partial charge in [-0.2, -0.15) is 4.98 Å². The van der Waals surface area contributed by atoms with Gasteiger partial charge in [0.2, 0.25) is 11.8 Å². The maximum absolute atomic E-state index is 10.8. The van der Waals surface area contributed by atoms with Crippen LogP contribution in [0, 0.1) is 6.92 Å². The number of hydrogen-bond donors (Lipinski definition) is 2. The molecular weight excluding hydrogens is 292 g/mol. The number of carboxylic acids is 1. The molecule has 0 aliphatic carbocycles. The van der Waals surface area contributed by atoms with Gasteiger partial charge in [-0.1, -0.05) is 0 Å². The minimum atomic E-state index is -1.03. The lowest BCUT2D eigenvalue weighted by molar-refractivity contribution is 0.0691. The number of carbonyl (C=O) groups is 1. The molecule has 0 bridgehead atoms. The first kappa shape index (κ1) is 15.2. The highest BCUT2D eigenvalue weighted by molar-refractivity contribution is 7.09. The van der Waals surface area contributed by atoms with Crippen LogP contribution in [-0.2, 0) is 6.54 Å². The highest BCUT2D eigenvalue weighted by Gasteiger charge is 2.09. The summed E-state index contributed by atoms with van der Waals surface area (Å²) in [5.74, 6) is -0.0972. The summed E-state index contributed by atoms with van der Waals surface area (Å²) in [5.41, 5.74) is 0.833. The van der Waals surface area contributed by atoms with Crippen molar-refractivity contribution in [2.75, 3.05) is 5.32 Å². The van der Waals surface area contributed by atoms with Crippen molar-refractivity contribution in [3.8, 4) is 5.88 Å². The third-order valence-electron chi connectivity index (χ3n) is 2.36. The molecule has 0 amide bonds. The van der Waals surface area contributed by atoms with Crippen molar-refractivity contribution in [1.29, 1.82) is 0 Å². The van der Waals surface area contributed by atoms with E-state index in [0.29, 0.717) is 23.4 Å². The second-order valence-electron chi connectivity index (χ2n) is 4.62. The van der Waals surface area contributed by atoms with Gasteiger partial charge in [-0.3, -0.25) is 0 Å². The molecule has 2 N–H and O–H groups in total. The number of nitrogens with zero attached hydrogens (tertiary/aromatic N) is 3. The highest BCUT2D eigenvalue weighted by atomic mass is 32.1. The number of aromatic nitrogens is 3. The largest absolute Gasteiger partial charge is 0.476 e. The van der Waals surface area contributed by atoms with Gasteiger partial charge in [0.15, 0.2) is 5.69 Å². The predicted octanol–water partition coefficient (Wildman–Crippen LogP) is 2.34. The smallest absolute Gasteiger partial charge is 0.355 e. The molecule has 7 nitrogen and oxygen atoms in total. The van der Waals surface area contributed by atoms with Gasteiger partial charge in [0.05, 0.1) is 12.6 Å². The zero-order valence-corrected chi connectivity index (χ0v) is 12.8. The summed E-state index contributed by atoms with van der Waals surface area (Å²) in [6.45, 7) is 6.07. The number of rotatable bonds is 6. The fourth-order valence-electron chi connectivity index (χ4n) is 1.57. The van der Waals surface area contributed by atoms with Gasteiger partial charge in [0.1, 0.15) is 5.01 Å². The summed E-state index contributed by atoms with van der Waals surface area (Å²) in [7, 11) is 0. The van der Waals surface area contributed by atoms with Gasteiger partial charge >= 0.3 is 5.97 Å². The average Bonchev–Trinajstić information content (AvgIpc) is 2.83. The molecule has 0 radical (unpaired) electrons. The molecule has 21 heavy (non-hydrogen) atoms. The van der Waals surface area contributed by atoms with E-state index in [1.807, 2.05) is 20.8 Å². The van der Waals surface area contributed by atoms with E-state index in [9.17, 15) is 4.79 Å². The van der Waals surface area contributed by atoms with Crippen LogP contribution < -0.4 is 10.1 Å². The van der Waals surface area contributed by atoms with Crippen molar-refractivity contribution in [2.24, 2.45) is 0 Å². The lowest BCUT2D eigenvalue weighted by atomic mass is 10.4. The minimum Gasteiger partial charge on any atom is -0.476 e. The summed E-state index contributed by atoms with van der Waals surface area (Å²) >= 11 is 1.27. The summed E-state index contributed by atoms with van der Waals surface area (Å²) < 4.78 is 5.54. The minimum absolute atomic E-state index is 0.0317.